The fourth-order valence-corrected chi connectivity index (χ4v) is 2.37. The number of hydrogen-bond donors (Lipinski definition) is 1. The van der Waals surface area contributed by atoms with Crippen molar-refractivity contribution in [2.75, 3.05) is 6.54 Å². The van der Waals surface area contributed by atoms with Crippen molar-refractivity contribution in [1.82, 2.24) is 15.5 Å². The lowest BCUT2D eigenvalue weighted by molar-refractivity contribution is -0.384. The molecule has 1 aromatic heterocycles. The zero-order valence-electron chi connectivity index (χ0n) is 10.8. The third kappa shape index (κ3) is 2.39. The fourth-order valence-electron chi connectivity index (χ4n) is 2.37. The molecule has 20 heavy (non-hydrogen) atoms. The number of nitrogens with zero attached hydrogens (tertiary/aromatic N) is 3. The average Bonchev–Trinajstić information content (AvgIpc) is 2.98. The molecule has 0 aliphatic carbocycles. The molecule has 0 unspecified atom stereocenters. The van der Waals surface area contributed by atoms with Crippen molar-refractivity contribution in [3.05, 3.63) is 40.3 Å². The van der Waals surface area contributed by atoms with E-state index in [2.05, 4.69) is 15.5 Å². The molecular weight excluding hydrogens is 260 g/mol. The second-order valence-electron chi connectivity index (χ2n) is 4.73. The summed E-state index contributed by atoms with van der Waals surface area (Å²) in [6.45, 7) is 0.924. The molecule has 0 radical (unpaired) electrons. The topological polar surface area (TPSA) is 94.1 Å². The highest BCUT2D eigenvalue weighted by molar-refractivity contribution is 5.67. The Balaban J connectivity index is 1.92. The Morgan fingerprint density at radius 3 is 2.95 bits per heavy atom. The van der Waals surface area contributed by atoms with E-state index in [0.29, 0.717) is 11.5 Å². The highest BCUT2D eigenvalue weighted by Crippen LogP contribution is 2.29. The summed E-state index contributed by atoms with van der Waals surface area (Å²) in [5.41, 5.74) is 0.361. The summed E-state index contributed by atoms with van der Waals surface area (Å²) in [4.78, 5) is 14.9. The first kappa shape index (κ1) is 12.7. The summed E-state index contributed by atoms with van der Waals surface area (Å²) < 4.78 is 5.25. The van der Waals surface area contributed by atoms with E-state index in [-0.39, 0.29) is 17.6 Å². The van der Waals surface area contributed by atoms with Crippen molar-refractivity contribution >= 4 is 5.69 Å². The maximum absolute atomic E-state index is 11.0. The number of aromatic nitrogens is 2. The fraction of sp³-hybridized carbons (Fsp3) is 0.385. The number of nitro groups is 1. The van der Waals surface area contributed by atoms with Crippen LogP contribution in [0.3, 0.4) is 0 Å². The maximum Gasteiger partial charge on any atom is 0.280 e. The van der Waals surface area contributed by atoms with Crippen LogP contribution in [-0.4, -0.2) is 21.6 Å². The minimum absolute atomic E-state index is 0.0172. The molecule has 1 atom stereocenters. The lowest BCUT2D eigenvalue weighted by atomic mass is 10.1. The normalized spacial score (nSPS) is 18.9. The van der Waals surface area contributed by atoms with E-state index < -0.39 is 4.92 Å². The summed E-state index contributed by atoms with van der Waals surface area (Å²) in [5, 5.41) is 18.2. The number of hydrogen-bond acceptors (Lipinski definition) is 6. The quantitative estimate of drug-likeness (QED) is 0.682. The van der Waals surface area contributed by atoms with Gasteiger partial charge >= 0.3 is 0 Å². The lowest BCUT2D eigenvalue weighted by Gasteiger charge is -2.19. The van der Waals surface area contributed by atoms with Gasteiger partial charge in [-0.2, -0.15) is 4.98 Å². The second kappa shape index (κ2) is 5.38. The Labute approximate surface area is 115 Å². The van der Waals surface area contributed by atoms with Crippen molar-refractivity contribution in [3.63, 3.8) is 0 Å². The molecule has 104 valence electrons. The van der Waals surface area contributed by atoms with Crippen LogP contribution in [0.25, 0.3) is 11.4 Å². The molecule has 7 heteroatoms. The maximum atomic E-state index is 11.0. The molecule has 2 heterocycles. The molecule has 1 saturated heterocycles. The van der Waals surface area contributed by atoms with Crippen molar-refractivity contribution in [1.29, 1.82) is 0 Å². The Morgan fingerprint density at radius 1 is 1.35 bits per heavy atom. The highest BCUT2D eigenvalue weighted by Gasteiger charge is 2.24. The van der Waals surface area contributed by atoms with E-state index in [1.54, 1.807) is 18.2 Å². The zero-order chi connectivity index (χ0) is 13.9. The van der Waals surface area contributed by atoms with Crippen LogP contribution in [0.1, 0.15) is 31.2 Å². The third-order valence-electron chi connectivity index (χ3n) is 3.39. The van der Waals surface area contributed by atoms with Gasteiger partial charge in [0.05, 0.1) is 11.0 Å². The van der Waals surface area contributed by atoms with Crippen molar-refractivity contribution in [3.8, 4) is 11.4 Å². The summed E-state index contributed by atoms with van der Waals surface area (Å²) in [6, 6.07) is 6.45. The minimum Gasteiger partial charge on any atom is -0.337 e. The van der Waals surface area contributed by atoms with Gasteiger partial charge in [-0.25, -0.2) is 0 Å². The van der Waals surface area contributed by atoms with E-state index in [0.717, 1.165) is 25.8 Å². The predicted molar refractivity (Wildman–Crippen MR) is 71.0 cm³/mol. The van der Waals surface area contributed by atoms with Gasteiger partial charge in [0.2, 0.25) is 11.7 Å². The van der Waals surface area contributed by atoms with Crippen LogP contribution in [0.5, 0.6) is 0 Å². The highest BCUT2D eigenvalue weighted by atomic mass is 16.6. The summed E-state index contributed by atoms with van der Waals surface area (Å²) in [6.07, 6.45) is 3.20. The number of benzene rings is 1. The van der Waals surface area contributed by atoms with Gasteiger partial charge in [0, 0.05) is 6.07 Å². The SMILES string of the molecule is O=[N+]([O-])c1ccccc1-c1noc([C@H]2CCCCN2)n1. The molecular formula is C13H14N4O3. The number of nitrogens with one attached hydrogen (secondary N) is 1. The first-order valence-electron chi connectivity index (χ1n) is 6.56. The first-order valence-corrected chi connectivity index (χ1v) is 6.56. The van der Waals surface area contributed by atoms with Crippen LogP contribution in [-0.2, 0) is 0 Å². The zero-order valence-corrected chi connectivity index (χ0v) is 10.8. The molecule has 1 aliphatic rings. The summed E-state index contributed by atoms with van der Waals surface area (Å²) >= 11 is 0. The van der Waals surface area contributed by atoms with Gasteiger partial charge in [-0.15, -0.1) is 0 Å². The van der Waals surface area contributed by atoms with E-state index in [1.807, 2.05) is 0 Å². The minimum atomic E-state index is -0.440. The largest absolute Gasteiger partial charge is 0.337 e. The standard InChI is InChI=1S/C13H14N4O3/c18-17(19)11-7-2-1-5-9(11)12-15-13(20-16-12)10-6-3-4-8-14-10/h1-2,5,7,10,14H,3-4,6,8H2/t10-/m1/s1. The van der Waals surface area contributed by atoms with Gasteiger partial charge < -0.3 is 9.84 Å². The Morgan fingerprint density at radius 2 is 2.20 bits per heavy atom. The van der Waals surface area contributed by atoms with Crippen molar-refractivity contribution in [2.45, 2.75) is 25.3 Å². The molecule has 7 nitrogen and oxygen atoms in total. The van der Waals surface area contributed by atoms with Crippen LogP contribution in [0.2, 0.25) is 0 Å². The average molecular weight is 274 g/mol. The molecule has 0 bridgehead atoms. The van der Waals surface area contributed by atoms with Gasteiger partial charge in [0.15, 0.2) is 0 Å². The Kier molecular flexibility index (Phi) is 3.42. The monoisotopic (exact) mass is 274 g/mol. The van der Waals surface area contributed by atoms with E-state index in [1.165, 1.54) is 6.07 Å². The van der Waals surface area contributed by atoms with E-state index in [9.17, 15) is 10.1 Å². The molecule has 0 amide bonds. The van der Waals surface area contributed by atoms with Crippen LogP contribution >= 0.6 is 0 Å². The van der Waals surface area contributed by atoms with E-state index in [4.69, 9.17) is 4.52 Å². The smallest absolute Gasteiger partial charge is 0.280 e. The molecule has 0 saturated carbocycles. The van der Waals surface area contributed by atoms with Crippen LogP contribution in [0.15, 0.2) is 28.8 Å². The van der Waals surface area contributed by atoms with Crippen LogP contribution in [0, 0.1) is 10.1 Å². The van der Waals surface area contributed by atoms with Crippen molar-refractivity contribution in [2.24, 2.45) is 0 Å². The molecule has 2 aromatic rings. The second-order valence-corrected chi connectivity index (χ2v) is 4.73. The van der Waals surface area contributed by atoms with Crippen molar-refractivity contribution < 1.29 is 9.45 Å². The van der Waals surface area contributed by atoms with Crippen LogP contribution in [0.4, 0.5) is 5.69 Å². The van der Waals surface area contributed by atoms with Gasteiger partial charge in [-0.05, 0) is 25.5 Å². The van der Waals surface area contributed by atoms with Crippen LogP contribution < -0.4 is 5.32 Å². The number of nitro benzene ring substituents is 1. The molecule has 0 spiro atoms. The lowest BCUT2D eigenvalue weighted by Crippen LogP contribution is -2.26. The van der Waals surface area contributed by atoms with Gasteiger partial charge in [0.1, 0.15) is 5.56 Å². The predicted octanol–water partition coefficient (Wildman–Crippen LogP) is 2.46. The number of piperidine rings is 1. The third-order valence-corrected chi connectivity index (χ3v) is 3.39. The van der Waals surface area contributed by atoms with Gasteiger partial charge in [-0.1, -0.05) is 23.7 Å². The molecule has 1 aromatic carbocycles. The molecule has 3 rings (SSSR count). The van der Waals surface area contributed by atoms with Gasteiger partial charge in [-0.3, -0.25) is 10.1 Å². The molecule has 1 aliphatic heterocycles. The molecule has 1 N–H and O–H groups in total. The first-order chi connectivity index (χ1) is 9.75. The van der Waals surface area contributed by atoms with E-state index >= 15 is 0 Å². The van der Waals surface area contributed by atoms with Gasteiger partial charge in [0.25, 0.3) is 5.69 Å². The number of para-hydroxylation sites is 1. The number of rotatable bonds is 3. The summed E-state index contributed by atoms with van der Waals surface area (Å²) in [5.74, 6) is 0.762. The molecule has 1 fully saturated rings. The Bertz CT molecular complexity index is 620. The summed E-state index contributed by atoms with van der Waals surface area (Å²) in [7, 11) is 0. The Hall–Kier alpha value is -2.28.